The molecule has 2 N–H and O–H groups in total. The van der Waals surface area contributed by atoms with E-state index in [1.807, 2.05) is 6.07 Å². The van der Waals surface area contributed by atoms with Gasteiger partial charge >= 0.3 is 0 Å². The average Bonchev–Trinajstić information content (AvgIpc) is 3.16. The van der Waals surface area contributed by atoms with Crippen molar-refractivity contribution < 1.29 is 0 Å². The molecule has 0 radical (unpaired) electrons. The van der Waals surface area contributed by atoms with Crippen LogP contribution in [0.5, 0.6) is 0 Å². The maximum absolute atomic E-state index is 6.03. The average molecular weight is 295 g/mol. The summed E-state index contributed by atoms with van der Waals surface area (Å²) in [5.41, 5.74) is 8.24. The van der Waals surface area contributed by atoms with Gasteiger partial charge in [0.15, 0.2) is 5.82 Å². The van der Waals surface area contributed by atoms with Gasteiger partial charge in [-0.3, -0.25) is 0 Å². The fraction of sp³-hybridized carbons (Fsp3) is 0.294. The molecule has 0 amide bonds. The standard InChI is InChI=1S/C17H17N3S/c18-16-9-14(11-5-1-2-6-11)19-17(20-16)13-10-21-15-8-4-3-7-12(13)15/h3-4,7-11H,1-2,5-6H2,(H2,18,19,20). The number of benzene rings is 1. The van der Waals surface area contributed by atoms with E-state index in [1.54, 1.807) is 11.3 Å². The van der Waals surface area contributed by atoms with Crippen LogP contribution in [0, 0.1) is 0 Å². The highest BCUT2D eigenvalue weighted by Gasteiger charge is 2.20. The summed E-state index contributed by atoms with van der Waals surface area (Å²) in [6, 6.07) is 10.3. The largest absolute Gasteiger partial charge is 0.384 e. The molecule has 0 saturated heterocycles. The number of anilines is 1. The molecular weight excluding hydrogens is 278 g/mol. The summed E-state index contributed by atoms with van der Waals surface area (Å²) in [6.07, 6.45) is 5.04. The predicted molar refractivity (Wildman–Crippen MR) is 88.5 cm³/mol. The van der Waals surface area contributed by atoms with Gasteiger partial charge in [-0.15, -0.1) is 11.3 Å². The second-order valence-corrected chi connectivity index (χ2v) is 6.58. The van der Waals surface area contributed by atoms with Gasteiger partial charge in [0.25, 0.3) is 0 Å². The van der Waals surface area contributed by atoms with Gasteiger partial charge < -0.3 is 5.73 Å². The fourth-order valence-electron chi connectivity index (χ4n) is 3.19. The third-order valence-corrected chi connectivity index (χ3v) is 5.22. The highest BCUT2D eigenvalue weighted by Crippen LogP contribution is 2.36. The van der Waals surface area contributed by atoms with Crippen LogP contribution in [0.15, 0.2) is 35.7 Å². The highest BCUT2D eigenvalue weighted by molar-refractivity contribution is 7.17. The second-order valence-electron chi connectivity index (χ2n) is 5.67. The van der Waals surface area contributed by atoms with Crippen molar-refractivity contribution in [3.63, 3.8) is 0 Å². The lowest BCUT2D eigenvalue weighted by Gasteiger charge is -2.10. The van der Waals surface area contributed by atoms with E-state index in [-0.39, 0.29) is 0 Å². The number of hydrogen-bond donors (Lipinski definition) is 1. The smallest absolute Gasteiger partial charge is 0.163 e. The van der Waals surface area contributed by atoms with E-state index in [0.29, 0.717) is 11.7 Å². The zero-order chi connectivity index (χ0) is 14.2. The number of rotatable bonds is 2. The van der Waals surface area contributed by atoms with Crippen LogP contribution in [0.3, 0.4) is 0 Å². The van der Waals surface area contributed by atoms with E-state index < -0.39 is 0 Å². The number of fused-ring (bicyclic) bond motifs is 1. The van der Waals surface area contributed by atoms with Gasteiger partial charge in [0.1, 0.15) is 5.82 Å². The first kappa shape index (κ1) is 12.8. The van der Waals surface area contributed by atoms with Crippen molar-refractivity contribution in [2.45, 2.75) is 31.6 Å². The molecule has 1 saturated carbocycles. The van der Waals surface area contributed by atoms with Gasteiger partial charge in [-0.05, 0) is 18.9 Å². The number of nitrogens with zero attached hydrogens (tertiary/aromatic N) is 2. The Labute approximate surface area is 127 Å². The van der Waals surface area contributed by atoms with Crippen molar-refractivity contribution in [1.82, 2.24) is 9.97 Å². The summed E-state index contributed by atoms with van der Waals surface area (Å²) in [7, 11) is 0. The third kappa shape index (κ3) is 2.29. The SMILES string of the molecule is Nc1cc(C2CCCC2)nc(-c2csc3ccccc23)n1. The Morgan fingerprint density at radius 1 is 1.10 bits per heavy atom. The van der Waals surface area contributed by atoms with Crippen LogP contribution in [0.4, 0.5) is 5.82 Å². The third-order valence-electron chi connectivity index (χ3n) is 4.26. The van der Waals surface area contributed by atoms with Gasteiger partial charge in [0.05, 0.1) is 0 Å². The molecule has 21 heavy (non-hydrogen) atoms. The Balaban J connectivity index is 1.84. The Kier molecular flexibility index (Phi) is 3.11. The molecule has 2 aromatic heterocycles. The maximum Gasteiger partial charge on any atom is 0.163 e. The first-order valence-corrected chi connectivity index (χ1v) is 8.30. The van der Waals surface area contributed by atoms with Crippen LogP contribution < -0.4 is 5.73 Å². The van der Waals surface area contributed by atoms with E-state index >= 15 is 0 Å². The van der Waals surface area contributed by atoms with Crippen molar-refractivity contribution in [3.05, 3.63) is 41.4 Å². The van der Waals surface area contributed by atoms with Crippen LogP contribution in [-0.2, 0) is 0 Å². The molecule has 4 heteroatoms. The zero-order valence-corrected chi connectivity index (χ0v) is 12.6. The number of nitrogens with two attached hydrogens (primary N) is 1. The first-order valence-electron chi connectivity index (χ1n) is 7.42. The summed E-state index contributed by atoms with van der Waals surface area (Å²) < 4.78 is 1.26. The molecule has 1 aromatic carbocycles. The van der Waals surface area contributed by atoms with Crippen LogP contribution in [0.1, 0.15) is 37.3 Å². The second kappa shape index (κ2) is 5.11. The lowest BCUT2D eigenvalue weighted by molar-refractivity contribution is 0.696. The summed E-state index contributed by atoms with van der Waals surface area (Å²) in [6.45, 7) is 0. The van der Waals surface area contributed by atoms with Crippen molar-refractivity contribution >= 4 is 27.2 Å². The first-order chi connectivity index (χ1) is 10.3. The minimum Gasteiger partial charge on any atom is -0.384 e. The molecular formula is C17H17N3S. The topological polar surface area (TPSA) is 51.8 Å². The van der Waals surface area contributed by atoms with Crippen molar-refractivity contribution in [2.24, 2.45) is 0 Å². The quantitative estimate of drug-likeness (QED) is 0.751. The summed E-state index contributed by atoms with van der Waals surface area (Å²) in [5.74, 6) is 1.91. The molecule has 0 spiro atoms. The predicted octanol–water partition coefficient (Wildman–Crippen LogP) is 4.60. The van der Waals surface area contributed by atoms with Crippen molar-refractivity contribution in [2.75, 3.05) is 5.73 Å². The zero-order valence-electron chi connectivity index (χ0n) is 11.7. The molecule has 3 nitrogen and oxygen atoms in total. The molecule has 2 heterocycles. The van der Waals surface area contributed by atoms with E-state index in [9.17, 15) is 0 Å². The Bertz CT molecular complexity index is 788. The van der Waals surface area contributed by atoms with E-state index in [4.69, 9.17) is 10.7 Å². The highest BCUT2D eigenvalue weighted by atomic mass is 32.1. The minimum atomic E-state index is 0.555. The van der Waals surface area contributed by atoms with Gasteiger partial charge in [-0.1, -0.05) is 31.0 Å². The van der Waals surface area contributed by atoms with E-state index in [1.165, 1.54) is 35.8 Å². The monoisotopic (exact) mass is 295 g/mol. The van der Waals surface area contributed by atoms with Crippen LogP contribution in [-0.4, -0.2) is 9.97 Å². The molecule has 0 unspecified atom stereocenters. The molecule has 1 fully saturated rings. The Morgan fingerprint density at radius 2 is 1.90 bits per heavy atom. The molecule has 0 atom stereocenters. The number of thiophene rings is 1. The summed E-state index contributed by atoms with van der Waals surface area (Å²) in [5, 5.41) is 3.35. The lowest BCUT2D eigenvalue weighted by Crippen LogP contribution is -2.03. The molecule has 1 aliphatic rings. The molecule has 0 aliphatic heterocycles. The van der Waals surface area contributed by atoms with Crippen LogP contribution in [0.2, 0.25) is 0 Å². The number of nitrogen functional groups attached to an aromatic ring is 1. The molecule has 4 rings (SSSR count). The maximum atomic E-state index is 6.03. The van der Waals surface area contributed by atoms with Gasteiger partial charge in [-0.25, -0.2) is 9.97 Å². The normalized spacial score (nSPS) is 15.8. The van der Waals surface area contributed by atoms with Gasteiger partial charge in [-0.2, -0.15) is 0 Å². The number of hydrogen-bond acceptors (Lipinski definition) is 4. The van der Waals surface area contributed by atoms with Crippen LogP contribution in [0.25, 0.3) is 21.5 Å². The van der Waals surface area contributed by atoms with Crippen LogP contribution >= 0.6 is 11.3 Å². The number of aromatic nitrogens is 2. The van der Waals surface area contributed by atoms with E-state index in [2.05, 4.69) is 34.6 Å². The minimum absolute atomic E-state index is 0.555. The molecule has 0 bridgehead atoms. The van der Waals surface area contributed by atoms with Crippen molar-refractivity contribution in [1.29, 1.82) is 0 Å². The molecule has 106 valence electrons. The Morgan fingerprint density at radius 3 is 2.76 bits per heavy atom. The molecule has 1 aliphatic carbocycles. The van der Waals surface area contributed by atoms with Gasteiger partial charge in [0, 0.05) is 38.7 Å². The molecule has 3 aromatic rings. The lowest BCUT2D eigenvalue weighted by atomic mass is 10.0. The van der Waals surface area contributed by atoms with Gasteiger partial charge in [0.2, 0.25) is 0 Å². The Hall–Kier alpha value is -1.94. The summed E-state index contributed by atoms with van der Waals surface area (Å²) in [4.78, 5) is 9.29. The fourth-order valence-corrected chi connectivity index (χ4v) is 4.13. The summed E-state index contributed by atoms with van der Waals surface area (Å²) >= 11 is 1.73. The van der Waals surface area contributed by atoms with E-state index in [0.717, 1.165) is 17.1 Å². The van der Waals surface area contributed by atoms with Crippen molar-refractivity contribution in [3.8, 4) is 11.4 Å².